The first-order valence-electron chi connectivity index (χ1n) is 6.73. The van der Waals surface area contributed by atoms with Gasteiger partial charge in [0.15, 0.2) is 0 Å². The topological polar surface area (TPSA) is 53.2 Å². The lowest BCUT2D eigenvalue weighted by atomic mass is 10.1. The van der Waals surface area contributed by atoms with Crippen LogP contribution in [0.5, 0.6) is 0 Å². The zero-order chi connectivity index (χ0) is 13.5. The number of carbonyl (C=O) groups is 1. The zero-order valence-electron chi connectivity index (χ0n) is 10.9. The molecular formula is C14H20ClN3O. The summed E-state index contributed by atoms with van der Waals surface area (Å²) in [7, 11) is 0. The van der Waals surface area contributed by atoms with Crippen molar-refractivity contribution in [3.8, 4) is 0 Å². The van der Waals surface area contributed by atoms with Gasteiger partial charge in [-0.2, -0.15) is 0 Å². The van der Waals surface area contributed by atoms with E-state index in [0.29, 0.717) is 11.6 Å². The van der Waals surface area contributed by atoms with Crippen LogP contribution in [-0.2, 0) is 6.54 Å². The van der Waals surface area contributed by atoms with Crippen molar-refractivity contribution in [1.82, 2.24) is 16.0 Å². The van der Waals surface area contributed by atoms with Gasteiger partial charge in [0.1, 0.15) is 0 Å². The van der Waals surface area contributed by atoms with Crippen LogP contribution in [0.15, 0.2) is 24.3 Å². The van der Waals surface area contributed by atoms with Crippen LogP contribution in [0.25, 0.3) is 0 Å². The summed E-state index contributed by atoms with van der Waals surface area (Å²) in [6.45, 7) is 2.39. The number of nitrogens with one attached hydrogen (secondary N) is 3. The minimum Gasteiger partial charge on any atom is -0.334 e. The van der Waals surface area contributed by atoms with Crippen molar-refractivity contribution >= 4 is 17.6 Å². The third-order valence-corrected chi connectivity index (χ3v) is 3.46. The number of hydrogen-bond acceptors (Lipinski definition) is 2. The van der Waals surface area contributed by atoms with Crippen LogP contribution < -0.4 is 16.0 Å². The Morgan fingerprint density at radius 2 is 2.32 bits per heavy atom. The normalized spacial score (nSPS) is 19.5. The molecule has 4 nitrogen and oxygen atoms in total. The fraction of sp³-hybridized carbons (Fsp3) is 0.500. The highest BCUT2D eigenvalue weighted by Crippen LogP contribution is 2.10. The number of benzene rings is 1. The molecule has 0 radical (unpaired) electrons. The van der Waals surface area contributed by atoms with Crippen LogP contribution in [0.3, 0.4) is 0 Å². The molecule has 3 N–H and O–H groups in total. The van der Waals surface area contributed by atoms with E-state index in [4.69, 9.17) is 11.6 Å². The maximum Gasteiger partial charge on any atom is 0.315 e. The van der Waals surface area contributed by atoms with Crippen LogP contribution in [0, 0.1) is 0 Å². The van der Waals surface area contributed by atoms with Crippen molar-refractivity contribution in [3.63, 3.8) is 0 Å². The molecular weight excluding hydrogens is 262 g/mol. The zero-order valence-corrected chi connectivity index (χ0v) is 11.7. The Bertz CT molecular complexity index is 417. The van der Waals surface area contributed by atoms with Crippen LogP contribution in [0.1, 0.15) is 24.8 Å². The summed E-state index contributed by atoms with van der Waals surface area (Å²) < 4.78 is 0. The first-order chi connectivity index (χ1) is 9.24. The molecule has 0 bridgehead atoms. The predicted octanol–water partition coefficient (Wildman–Crippen LogP) is 2.28. The Hall–Kier alpha value is -1.26. The number of rotatable bonds is 3. The molecule has 0 aliphatic carbocycles. The van der Waals surface area contributed by atoms with Gasteiger partial charge < -0.3 is 16.0 Å². The molecule has 1 aliphatic heterocycles. The molecule has 2 rings (SSSR count). The number of halogens is 1. The van der Waals surface area contributed by atoms with Gasteiger partial charge in [-0.3, -0.25) is 0 Å². The molecule has 1 aliphatic rings. The fourth-order valence-corrected chi connectivity index (χ4v) is 2.42. The molecule has 0 aromatic heterocycles. The lowest BCUT2D eigenvalue weighted by molar-refractivity contribution is 0.236. The van der Waals surface area contributed by atoms with E-state index in [1.165, 1.54) is 6.42 Å². The lowest BCUT2D eigenvalue weighted by Gasteiger charge is -2.17. The van der Waals surface area contributed by atoms with E-state index >= 15 is 0 Å². The van der Waals surface area contributed by atoms with E-state index in [1.54, 1.807) is 0 Å². The summed E-state index contributed by atoms with van der Waals surface area (Å²) >= 11 is 5.90. The molecule has 2 amide bonds. The second kappa shape index (κ2) is 7.36. The third kappa shape index (κ3) is 5.09. The third-order valence-electron chi connectivity index (χ3n) is 3.22. The number of amides is 2. The predicted molar refractivity (Wildman–Crippen MR) is 77.3 cm³/mol. The molecule has 1 saturated heterocycles. The highest BCUT2D eigenvalue weighted by molar-refractivity contribution is 6.30. The van der Waals surface area contributed by atoms with Crippen molar-refractivity contribution < 1.29 is 4.79 Å². The minimum atomic E-state index is -0.117. The van der Waals surface area contributed by atoms with Crippen LogP contribution in [0.4, 0.5) is 4.79 Å². The molecule has 1 aromatic rings. The van der Waals surface area contributed by atoms with Crippen molar-refractivity contribution in [1.29, 1.82) is 0 Å². The molecule has 5 heteroatoms. The highest BCUT2D eigenvalue weighted by atomic mass is 35.5. The van der Waals surface area contributed by atoms with Crippen molar-refractivity contribution in [2.45, 2.75) is 31.8 Å². The SMILES string of the molecule is O=C(NCc1cccc(Cl)c1)NC1CCCCNC1. The quantitative estimate of drug-likeness (QED) is 0.796. The Morgan fingerprint density at radius 3 is 3.16 bits per heavy atom. The van der Waals surface area contributed by atoms with Gasteiger partial charge in [-0.1, -0.05) is 30.2 Å². The summed E-state index contributed by atoms with van der Waals surface area (Å²) in [4.78, 5) is 11.8. The Kier molecular flexibility index (Phi) is 5.48. The molecule has 1 unspecified atom stereocenters. The second-order valence-corrected chi connectivity index (χ2v) is 5.29. The van der Waals surface area contributed by atoms with E-state index in [9.17, 15) is 4.79 Å². The maximum atomic E-state index is 11.8. The van der Waals surface area contributed by atoms with Gasteiger partial charge in [-0.25, -0.2) is 4.79 Å². The van der Waals surface area contributed by atoms with E-state index in [1.807, 2.05) is 24.3 Å². The van der Waals surface area contributed by atoms with Gasteiger partial charge in [0.25, 0.3) is 0 Å². The summed E-state index contributed by atoms with van der Waals surface area (Å²) in [6.07, 6.45) is 3.38. The van der Waals surface area contributed by atoms with Gasteiger partial charge in [0, 0.05) is 24.2 Å². The Morgan fingerprint density at radius 1 is 1.42 bits per heavy atom. The molecule has 0 saturated carbocycles. The second-order valence-electron chi connectivity index (χ2n) is 4.85. The van der Waals surface area contributed by atoms with E-state index < -0.39 is 0 Å². The molecule has 19 heavy (non-hydrogen) atoms. The van der Waals surface area contributed by atoms with Crippen molar-refractivity contribution in [3.05, 3.63) is 34.9 Å². The summed E-state index contributed by atoms with van der Waals surface area (Å²) in [5.74, 6) is 0. The monoisotopic (exact) mass is 281 g/mol. The van der Waals surface area contributed by atoms with Gasteiger partial charge in [-0.15, -0.1) is 0 Å². The van der Waals surface area contributed by atoms with Gasteiger partial charge in [0.2, 0.25) is 0 Å². The number of urea groups is 1. The summed E-state index contributed by atoms with van der Waals surface area (Å²) in [5.41, 5.74) is 1.00. The highest BCUT2D eigenvalue weighted by Gasteiger charge is 2.13. The van der Waals surface area contributed by atoms with E-state index in [2.05, 4.69) is 16.0 Å². The fourth-order valence-electron chi connectivity index (χ4n) is 2.21. The molecule has 1 aromatic carbocycles. The minimum absolute atomic E-state index is 0.117. The standard InChI is InChI=1S/C14H20ClN3O/c15-12-5-3-4-11(8-12)9-17-14(19)18-13-6-1-2-7-16-10-13/h3-5,8,13,16H,1-2,6-7,9-10H2,(H2,17,18,19). The van der Waals surface area contributed by atoms with Crippen LogP contribution in [0.2, 0.25) is 5.02 Å². The first kappa shape index (κ1) is 14.2. The van der Waals surface area contributed by atoms with Gasteiger partial charge in [-0.05, 0) is 37.1 Å². The molecule has 104 valence electrons. The van der Waals surface area contributed by atoms with Crippen LogP contribution >= 0.6 is 11.6 Å². The van der Waals surface area contributed by atoms with Gasteiger partial charge >= 0.3 is 6.03 Å². The van der Waals surface area contributed by atoms with E-state index in [-0.39, 0.29) is 12.1 Å². The smallest absolute Gasteiger partial charge is 0.315 e. The first-order valence-corrected chi connectivity index (χ1v) is 7.11. The summed E-state index contributed by atoms with van der Waals surface area (Å²) in [6, 6.07) is 7.61. The molecule has 1 heterocycles. The lowest BCUT2D eigenvalue weighted by Crippen LogP contribution is -2.45. The van der Waals surface area contributed by atoms with Crippen LogP contribution in [-0.4, -0.2) is 25.2 Å². The molecule has 0 spiro atoms. The van der Waals surface area contributed by atoms with E-state index in [0.717, 1.165) is 31.5 Å². The number of hydrogen-bond donors (Lipinski definition) is 3. The average Bonchev–Trinajstić information content (AvgIpc) is 2.65. The average molecular weight is 282 g/mol. The Labute approximate surface area is 118 Å². The van der Waals surface area contributed by atoms with Gasteiger partial charge in [0.05, 0.1) is 0 Å². The largest absolute Gasteiger partial charge is 0.334 e. The summed E-state index contributed by atoms with van der Waals surface area (Å²) in [5, 5.41) is 9.87. The Balaban J connectivity index is 1.74. The van der Waals surface area contributed by atoms with Crippen molar-refractivity contribution in [2.24, 2.45) is 0 Å². The maximum absolute atomic E-state index is 11.8. The number of carbonyl (C=O) groups excluding carboxylic acids is 1. The molecule has 1 fully saturated rings. The van der Waals surface area contributed by atoms with Crippen molar-refractivity contribution in [2.75, 3.05) is 13.1 Å². The molecule has 1 atom stereocenters.